The van der Waals surface area contributed by atoms with Crippen molar-refractivity contribution in [3.05, 3.63) is 154 Å². The normalized spacial score (nSPS) is 14.3. The number of carbonyl (C=O) groups is 4. The number of fused-ring (bicyclic) bond motifs is 2. The molecule has 2 aliphatic rings. The van der Waals surface area contributed by atoms with E-state index in [-0.39, 0.29) is 11.6 Å². The first-order valence-electron chi connectivity index (χ1n) is 21.8. The summed E-state index contributed by atoms with van der Waals surface area (Å²) in [6, 6.07) is 28.7. The SMILES string of the molecule is CC(C)(C)[Si](OCCCn1cc(C2=C(c3nccs3)C(=O)NC2=O)c2cccnc21)(c1ccccc1)c1ccccc1.O=C1NC(=O)C(c2cn(CCCO)c3ncccc23)=C1c1nccs1. The van der Waals surface area contributed by atoms with E-state index >= 15 is 0 Å². The Morgan fingerprint density at radius 2 is 1.03 bits per heavy atom. The average Bonchev–Trinajstić information content (AvgIpc) is 4.21. The molecule has 0 atom stereocenters. The standard InChI is InChI=1S/C33H32N4O3SSi.C17H14N4O3S/c1-33(2,3)42(23-12-6-4-7-13-23,24-14-8-5-9-15-24)40-20-11-19-37-22-26(25-16-10-17-34-29(25)37)27-28(31(39)36-30(27)38)32-35-18-21-41-32;22-7-2-6-21-9-11(10-3-1-4-18-14(10)21)12-13(16(24)20-15(12)23)17-19-5-8-25-17/h4-10,12-18,21-22H,11,19-20H2,1-3H3,(H,36,38,39);1,3-5,8-9,22H,2,6-7H2,(H,20,23,24). The van der Waals surface area contributed by atoms with Gasteiger partial charge in [0.2, 0.25) is 0 Å². The number of aromatic nitrogens is 6. The van der Waals surface area contributed by atoms with Gasteiger partial charge >= 0.3 is 0 Å². The van der Waals surface area contributed by atoms with Gasteiger partial charge in [0.25, 0.3) is 31.9 Å². The van der Waals surface area contributed by atoms with Crippen LogP contribution in [0.4, 0.5) is 0 Å². The lowest BCUT2D eigenvalue weighted by molar-refractivity contribution is -0.124. The lowest BCUT2D eigenvalue weighted by atomic mass is 10.0. The summed E-state index contributed by atoms with van der Waals surface area (Å²) in [6.07, 6.45) is 11.7. The van der Waals surface area contributed by atoms with Gasteiger partial charge in [0.15, 0.2) is 0 Å². The molecule has 0 radical (unpaired) electrons. The van der Waals surface area contributed by atoms with Crippen LogP contribution in [0.25, 0.3) is 44.4 Å². The third kappa shape index (κ3) is 8.51. The average molecular weight is 947 g/mol. The smallest absolute Gasteiger partial charge is 0.262 e. The predicted octanol–water partition coefficient (Wildman–Crippen LogP) is 6.47. The van der Waals surface area contributed by atoms with Crippen LogP contribution in [0, 0.1) is 0 Å². The minimum atomic E-state index is -2.64. The number of amides is 4. The largest absolute Gasteiger partial charge is 0.407 e. The molecule has 0 aliphatic carbocycles. The number of imide groups is 2. The summed E-state index contributed by atoms with van der Waals surface area (Å²) in [7, 11) is -2.64. The minimum Gasteiger partial charge on any atom is -0.407 e. The number of benzene rings is 2. The van der Waals surface area contributed by atoms with Crippen molar-refractivity contribution in [3.63, 3.8) is 0 Å². The third-order valence-electron chi connectivity index (χ3n) is 11.8. The van der Waals surface area contributed by atoms with Crippen LogP contribution in [-0.4, -0.2) is 79.3 Å². The highest BCUT2D eigenvalue weighted by Crippen LogP contribution is 2.39. The van der Waals surface area contributed by atoms with E-state index in [1.54, 1.807) is 41.6 Å². The summed E-state index contributed by atoms with van der Waals surface area (Å²) < 4.78 is 11.0. The highest BCUT2D eigenvalue weighted by Gasteiger charge is 2.50. The minimum absolute atomic E-state index is 0.0634. The van der Waals surface area contributed by atoms with E-state index in [1.165, 1.54) is 33.0 Å². The van der Waals surface area contributed by atoms with Crippen LogP contribution in [0.1, 0.15) is 54.8 Å². The molecule has 67 heavy (non-hydrogen) atoms. The number of hydrogen-bond donors (Lipinski definition) is 3. The van der Waals surface area contributed by atoms with Crippen molar-refractivity contribution >= 4 is 109 Å². The molecule has 8 heterocycles. The van der Waals surface area contributed by atoms with Crippen LogP contribution < -0.4 is 21.0 Å². The molecule has 0 saturated heterocycles. The highest BCUT2D eigenvalue weighted by molar-refractivity contribution is 7.11. The van der Waals surface area contributed by atoms with Gasteiger partial charge in [-0.1, -0.05) is 81.4 Å². The second kappa shape index (κ2) is 19.1. The van der Waals surface area contributed by atoms with E-state index in [2.05, 4.69) is 104 Å². The first-order valence-corrected chi connectivity index (χ1v) is 25.4. The van der Waals surface area contributed by atoms with E-state index in [1.807, 2.05) is 47.3 Å². The molecule has 2 aliphatic heterocycles. The number of thiazole rings is 2. The Morgan fingerprint density at radius 1 is 0.582 bits per heavy atom. The summed E-state index contributed by atoms with van der Waals surface area (Å²) in [5.74, 6) is -1.70. The Labute approximate surface area is 394 Å². The van der Waals surface area contributed by atoms with Crippen molar-refractivity contribution in [3.8, 4) is 0 Å². The number of pyridine rings is 2. The molecule has 8 aromatic rings. The van der Waals surface area contributed by atoms with Crippen molar-refractivity contribution in [2.24, 2.45) is 0 Å². The maximum atomic E-state index is 13.0. The lowest BCUT2D eigenvalue weighted by Crippen LogP contribution is -2.66. The van der Waals surface area contributed by atoms with Crippen LogP contribution >= 0.6 is 22.7 Å². The number of aliphatic hydroxyl groups excluding tert-OH is 1. The van der Waals surface area contributed by atoms with E-state index in [0.717, 1.165) is 22.8 Å². The van der Waals surface area contributed by atoms with Crippen LogP contribution in [0.5, 0.6) is 0 Å². The maximum absolute atomic E-state index is 13.0. The Morgan fingerprint density at radius 3 is 1.45 bits per heavy atom. The Balaban J connectivity index is 0.000000191. The molecule has 3 N–H and O–H groups in total. The molecule has 14 nitrogen and oxygen atoms in total. The molecule has 2 aromatic carbocycles. The summed E-state index contributed by atoms with van der Waals surface area (Å²) in [4.78, 5) is 68.1. The molecule has 6 aromatic heterocycles. The van der Waals surface area contributed by atoms with Gasteiger partial charge in [-0.2, -0.15) is 0 Å². The van der Waals surface area contributed by atoms with Crippen molar-refractivity contribution in [2.75, 3.05) is 13.2 Å². The van der Waals surface area contributed by atoms with Gasteiger partial charge in [0.05, 0.1) is 22.3 Å². The zero-order chi connectivity index (χ0) is 46.7. The van der Waals surface area contributed by atoms with E-state index in [4.69, 9.17) is 9.53 Å². The zero-order valence-corrected chi connectivity index (χ0v) is 39.6. The molecule has 10 rings (SSSR count). The second-order valence-corrected chi connectivity index (χ2v) is 23.0. The number of rotatable bonds is 14. The maximum Gasteiger partial charge on any atom is 0.262 e. The van der Waals surface area contributed by atoms with Gasteiger partial charge in [-0.3, -0.25) is 29.8 Å². The van der Waals surface area contributed by atoms with Crippen LogP contribution in [0.15, 0.2) is 133 Å². The topological polar surface area (TPSA) is 183 Å². The zero-order valence-electron chi connectivity index (χ0n) is 36.9. The summed E-state index contributed by atoms with van der Waals surface area (Å²) >= 11 is 2.65. The monoisotopic (exact) mass is 946 g/mol. The Hall–Kier alpha value is -7.02. The quantitative estimate of drug-likeness (QED) is 0.0621. The third-order valence-corrected chi connectivity index (χ3v) is 18.4. The van der Waals surface area contributed by atoms with Gasteiger partial charge in [-0.25, -0.2) is 19.9 Å². The molecule has 0 unspecified atom stereocenters. The van der Waals surface area contributed by atoms with Crippen molar-refractivity contribution in [1.82, 2.24) is 39.7 Å². The predicted molar refractivity (Wildman–Crippen MR) is 264 cm³/mol. The first kappa shape index (κ1) is 45.1. The number of nitrogens with one attached hydrogen (secondary N) is 2. The first-order chi connectivity index (χ1) is 32.5. The molecule has 17 heteroatoms. The van der Waals surface area contributed by atoms with E-state index in [9.17, 15) is 19.2 Å². The van der Waals surface area contributed by atoms with Gasteiger partial charge in [0.1, 0.15) is 21.3 Å². The van der Waals surface area contributed by atoms with Gasteiger partial charge < -0.3 is 18.7 Å². The second-order valence-electron chi connectivity index (χ2n) is 16.9. The number of hydrogen-bond acceptors (Lipinski definition) is 12. The lowest BCUT2D eigenvalue weighted by Gasteiger charge is -2.43. The summed E-state index contributed by atoms with van der Waals surface area (Å²) in [5.41, 5.74) is 4.07. The van der Waals surface area contributed by atoms with Crippen molar-refractivity contribution in [2.45, 2.75) is 51.7 Å². The van der Waals surface area contributed by atoms with Gasteiger partial charge in [0, 0.05) is 96.1 Å². The van der Waals surface area contributed by atoms with E-state index in [0.29, 0.717) is 75.2 Å². The molecular formula is C50H46N8O6S2Si. The van der Waals surface area contributed by atoms with Crippen LogP contribution in [0.3, 0.4) is 0 Å². The molecule has 0 bridgehead atoms. The molecule has 4 amide bonds. The molecule has 0 spiro atoms. The molecule has 338 valence electrons. The van der Waals surface area contributed by atoms with Crippen LogP contribution in [0.2, 0.25) is 5.04 Å². The number of carbonyl (C=O) groups excluding carboxylic acids is 4. The Kier molecular flexibility index (Phi) is 12.8. The van der Waals surface area contributed by atoms with Crippen LogP contribution in [-0.2, 0) is 36.7 Å². The van der Waals surface area contributed by atoms with E-state index < -0.39 is 31.9 Å². The number of aliphatic hydroxyl groups is 1. The summed E-state index contributed by atoms with van der Waals surface area (Å²) in [6.45, 7) is 8.65. The molecule has 0 saturated carbocycles. The summed E-state index contributed by atoms with van der Waals surface area (Å²) in [5, 5.41) is 22.5. The number of nitrogens with zero attached hydrogens (tertiary/aromatic N) is 6. The fraction of sp³-hybridized carbons (Fsp3) is 0.200. The molecular weight excluding hydrogens is 901 g/mol. The van der Waals surface area contributed by atoms with Crippen molar-refractivity contribution < 1.29 is 28.7 Å². The van der Waals surface area contributed by atoms with Crippen molar-refractivity contribution in [1.29, 1.82) is 0 Å². The fourth-order valence-electron chi connectivity index (χ4n) is 8.97. The van der Waals surface area contributed by atoms with Gasteiger partial charge in [-0.15, -0.1) is 22.7 Å². The highest BCUT2D eigenvalue weighted by atomic mass is 32.1. The fourth-order valence-corrected chi connectivity index (χ4v) is 14.9. The Bertz CT molecular complexity index is 3150. The van der Waals surface area contributed by atoms with Gasteiger partial charge in [-0.05, 0) is 52.5 Å². The molecule has 0 fully saturated rings. The number of aryl methyl sites for hydroxylation is 2.